The van der Waals surface area contributed by atoms with Crippen LogP contribution in [-0.2, 0) is 45.5 Å². The molecule has 1 aromatic rings. The fourth-order valence-corrected chi connectivity index (χ4v) is 7.60. The summed E-state index contributed by atoms with van der Waals surface area (Å²) in [4.78, 5) is 37.7. The second-order valence-corrected chi connectivity index (χ2v) is 19.3. The summed E-state index contributed by atoms with van der Waals surface area (Å²) in [7, 11) is 1.10. The summed E-state index contributed by atoms with van der Waals surface area (Å²) in [6.45, 7) is 8.31. The Morgan fingerprint density at radius 3 is 1.84 bits per heavy atom. The molecule has 12 heteroatoms. The van der Waals surface area contributed by atoms with Crippen LogP contribution in [0.25, 0.3) is 0 Å². The van der Waals surface area contributed by atoms with E-state index < -0.39 is 38.6 Å². The van der Waals surface area contributed by atoms with Gasteiger partial charge in [0.25, 0.3) is 7.82 Å². The zero-order chi connectivity index (χ0) is 45.9. The Morgan fingerprint density at radius 1 is 0.710 bits per heavy atom. The molecule has 0 bridgehead atoms. The smallest absolute Gasteiger partial charge is 0.306 e. The van der Waals surface area contributed by atoms with Crippen molar-refractivity contribution in [2.24, 2.45) is 0 Å². The normalized spacial score (nSPS) is 14.3. The van der Waals surface area contributed by atoms with Crippen molar-refractivity contribution in [1.82, 2.24) is 0 Å². The van der Waals surface area contributed by atoms with Crippen LogP contribution < -0.4 is 4.89 Å². The largest absolute Gasteiger partial charge is 0.756 e. The van der Waals surface area contributed by atoms with E-state index in [0.717, 1.165) is 70.6 Å². The highest BCUT2D eigenvalue weighted by molar-refractivity contribution is 7.45. The molecule has 358 valence electrons. The van der Waals surface area contributed by atoms with E-state index in [0.29, 0.717) is 30.3 Å². The second kappa shape index (κ2) is 35.8. The number of nitrogens with zero attached hydrogens (tertiary/aromatic N) is 1. The van der Waals surface area contributed by atoms with E-state index in [2.05, 4.69) is 33.8 Å². The highest BCUT2D eigenvalue weighted by Gasteiger charge is 2.22. The van der Waals surface area contributed by atoms with Crippen LogP contribution in [0.2, 0.25) is 0 Å². The molecule has 0 aliphatic carbocycles. The van der Waals surface area contributed by atoms with Crippen LogP contribution >= 0.6 is 7.82 Å². The monoisotopic (exact) mass is 894 g/mol. The summed E-state index contributed by atoms with van der Waals surface area (Å²) in [5.41, 5.74) is 2.68. The number of unbranched alkanes of at least 4 members (excludes halogenated alkanes) is 16. The molecule has 1 heterocycles. The first-order valence-corrected chi connectivity index (χ1v) is 25.6. The highest BCUT2D eigenvalue weighted by atomic mass is 31.2. The van der Waals surface area contributed by atoms with Crippen molar-refractivity contribution in [1.29, 1.82) is 0 Å². The number of hydrogen-bond acceptors (Lipinski definition) is 10. The number of allylic oxidation sites excluding steroid dienone is 4. The van der Waals surface area contributed by atoms with Gasteiger partial charge in [-0.3, -0.25) is 14.2 Å². The number of carbonyl (C=O) groups is 2. The van der Waals surface area contributed by atoms with E-state index in [4.69, 9.17) is 22.9 Å². The van der Waals surface area contributed by atoms with Gasteiger partial charge in [-0.05, 0) is 76.3 Å². The number of furan rings is 1. The first-order chi connectivity index (χ1) is 29.7. The lowest BCUT2D eigenvalue weighted by atomic mass is 10.0. The molecule has 0 aliphatic heterocycles. The van der Waals surface area contributed by atoms with E-state index in [-0.39, 0.29) is 26.1 Å². The third-order valence-corrected chi connectivity index (χ3v) is 11.9. The number of esters is 2. The number of phosphoric acid groups is 1. The predicted octanol–water partition coefficient (Wildman–Crippen LogP) is 11.7. The number of hydrogen-bond donors (Lipinski definition) is 1. The number of ether oxygens (including phenoxy) is 2. The minimum Gasteiger partial charge on any atom is -0.756 e. The van der Waals surface area contributed by atoms with Gasteiger partial charge in [0.2, 0.25) is 0 Å². The number of carbonyl (C=O) groups excluding carboxylic acids is 2. The maximum atomic E-state index is 12.8. The fourth-order valence-electron chi connectivity index (χ4n) is 6.87. The molecule has 0 saturated heterocycles. The van der Waals surface area contributed by atoms with Crippen LogP contribution in [0, 0.1) is 13.8 Å². The molecule has 2 unspecified atom stereocenters. The third-order valence-electron chi connectivity index (χ3n) is 11.0. The molecule has 0 spiro atoms. The summed E-state index contributed by atoms with van der Waals surface area (Å²) in [5.74, 6) is 1.46. The number of likely N-dealkylation sites (N-methyl/N-ethyl adjacent to an activating group) is 1. The summed E-state index contributed by atoms with van der Waals surface area (Å²) in [6, 6.07) is 0. The first-order valence-electron chi connectivity index (χ1n) is 24.2. The number of aliphatic hydroxyl groups is 1. The molecule has 0 fully saturated rings. The van der Waals surface area contributed by atoms with E-state index in [1.165, 1.54) is 80.4 Å². The van der Waals surface area contributed by atoms with Crippen LogP contribution in [0.4, 0.5) is 0 Å². The van der Waals surface area contributed by atoms with E-state index in [1.54, 1.807) is 6.08 Å². The average Bonchev–Trinajstić information content (AvgIpc) is 3.48. The minimum absolute atomic E-state index is 0.0494. The van der Waals surface area contributed by atoms with Gasteiger partial charge >= 0.3 is 11.9 Å². The highest BCUT2D eigenvalue weighted by Crippen LogP contribution is 2.38. The van der Waals surface area contributed by atoms with E-state index in [1.807, 2.05) is 45.4 Å². The molecule has 0 aromatic carbocycles. The second-order valence-electron chi connectivity index (χ2n) is 17.9. The van der Waals surface area contributed by atoms with Crippen LogP contribution in [0.15, 0.2) is 40.9 Å². The number of phosphoric ester groups is 1. The van der Waals surface area contributed by atoms with Gasteiger partial charge in [0, 0.05) is 25.7 Å². The topological polar surface area (TPSA) is 145 Å². The molecule has 0 aliphatic rings. The third kappa shape index (κ3) is 32.2. The number of aliphatic hydroxyl groups excluding tert-OH is 1. The first kappa shape index (κ1) is 57.5. The Kier molecular flexibility index (Phi) is 33.2. The lowest BCUT2D eigenvalue weighted by molar-refractivity contribution is -0.870. The predicted molar refractivity (Wildman–Crippen MR) is 250 cm³/mol. The van der Waals surface area contributed by atoms with Crippen molar-refractivity contribution in [3.63, 3.8) is 0 Å². The summed E-state index contributed by atoms with van der Waals surface area (Å²) >= 11 is 0. The summed E-state index contributed by atoms with van der Waals surface area (Å²) < 4.78 is 40.2. The number of rotatable bonds is 40. The maximum Gasteiger partial charge on any atom is 0.306 e. The van der Waals surface area contributed by atoms with Crippen molar-refractivity contribution in [3.8, 4) is 0 Å². The van der Waals surface area contributed by atoms with E-state index >= 15 is 0 Å². The van der Waals surface area contributed by atoms with Gasteiger partial charge in [-0.15, -0.1) is 0 Å². The minimum atomic E-state index is -4.66. The average molecular weight is 894 g/mol. The van der Waals surface area contributed by atoms with Gasteiger partial charge in [0.05, 0.1) is 33.9 Å². The quantitative estimate of drug-likeness (QED) is 0.0169. The lowest BCUT2D eigenvalue weighted by Crippen LogP contribution is -2.37. The Labute approximate surface area is 377 Å². The van der Waals surface area contributed by atoms with Gasteiger partial charge in [-0.1, -0.05) is 134 Å². The van der Waals surface area contributed by atoms with Crippen molar-refractivity contribution >= 4 is 19.8 Å². The molecule has 0 amide bonds. The fraction of sp³-hybridized carbons (Fsp3) is 0.760. The van der Waals surface area contributed by atoms with Gasteiger partial charge in [0.15, 0.2) is 6.10 Å². The number of aryl methyl sites for hydroxylation is 2. The van der Waals surface area contributed by atoms with Crippen LogP contribution in [0.1, 0.15) is 184 Å². The van der Waals surface area contributed by atoms with Crippen LogP contribution in [0.3, 0.4) is 0 Å². The Balaban J connectivity index is 2.33. The Hall–Kier alpha value is -2.53. The van der Waals surface area contributed by atoms with Gasteiger partial charge in [-0.25, -0.2) is 0 Å². The lowest BCUT2D eigenvalue weighted by Gasteiger charge is -2.28. The molecule has 0 saturated carbocycles. The van der Waals surface area contributed by atoms with Crippen molar-refractivity contribution in [2.75, 3.05) is 47.5 Å². The molecule has 3 atom stereocenters. The molecule has 11 nitrogen and oxygen atoms in total. The number of quaternary nitrogens is 1. The molecule has 62 heavy (non-hydrogen) atoms. The Bertz CT molecular complexity index is 1450. The van der Waals surface area contributed by atoms with Gasteiger partial charge < -0.3 is 37.4 Å². The summed E-state index contributed by atoms with van der Waals surface area (Å²) in [5, 5.41) is 9.89. The zero-order valence-electron chi connectivity index (χ0n) is 40.1. The van der Waals surface area contributed by atoms with Crippen LogP contribution in [0.5, 0.6) is 0 Å². The van der Waals surface area contributed by atoms with Gasteiger partial charge in [-0.2, -0.15) is 0 Å². The zero-order valence-corrected chi connectivity index (χ0v) is 41.0. The van der Waals surface area contributed by atoms with Crippen molar-refractivity contribution in [2.45, 2.75) is 200 Å². The summed E-state index contributed by atoms with van der Waals surface area (Å²) in [6.07, 6.45) is 34.6. The SMILES string of the molecule is CC/C=C/CC(O)/C=C/C=C/CCCCCCCC(=O)OC[C@H](COP(=O)([O-])OCC[N+](C)(C)C)OC(=O)CCCCCCCCCCCCc1oc(CCCCC)c(C)c1C. The van der Waals surface area contributed by atoms with Crippen molar-refractivity contribution in [3.05, 3.63) is 59.1 Å². The molecular formula is C50H88NO10P. The molecular weight excluding hydrogens is 806 g/mol. The van der Waals surface area contributed by atoms with Crippen molar-refractivity contribution < 1.29 is 51.6 Å². The molecule has 1 N–H and O–H groups in total. The van der Waals surface area contributed by atoms with E-state index in [9.17, 15) is 24.2 Å². The molecule has 1 rings (SSSR count). The maximum absolute atomic E-state index is 12.8. The molecule has 0 radical (unpaired) electrons. The molecule has 1 aromatic heterocycles. The van der Waals surface area contributed by atoms with Crippen LogP contribution in [-0.4, -0.2) is 81.2 Å². The van der Waals surface area contributed by atoms with Gasteiger partial charge in [0.1, 0.15) is 31.3 Å². The standard InChI is InChI=1S/C50H88NO10P/c1-8-10-27-33-45(52)34-29-23-19-15-14-18-21-25-31-37-49(53)57-41-46(42-59-62(55,56)58-40-39-51(5,6)7)60-50(54)38-32-26-22-17-13-12-16-20-24-30-36-48-44(4)43(3)47(61-48)35-28-11-9-2/h10,19,23,27,29,34,45-46,52H,8-9,11-18,20-22,24-26,28,30-33,35-42H2,1-7H3/b23-19+,27-10+,34-29+/t45?,46-/m1/s1. The Morgan fingerprint density at radius 2 is 1.26 bits per heavy atom.